The zero-order valence-corrected chi connectivity index (χ0v) is 12.7. The Hall–Kier alpha value is 0.0700. The molecule has 3 nitrogen and oxygen atoms in total. The largest absolute Gasteiger partial charge is 0.358 e. The zero-order chi connectivity index (χ0) is 12.8. The number of alkyl halides is 1. The van der Waals surface area contributed by atoms with Gasteiger partial charge >= 0.3 is 0 Å². The van der Waals surface area contributed by atoms with Crippen molar-refractivity contribution in [3.05, 3.63) is 0 Å². The molecule has 0 amide bonds. The first-order chi connectivity index (χ1) is 9.20. The van der Waals surface area contributed by atoms with Crippen molar-refractivity contribution in [2.75, 3.05) is 19.7 Å². The van der Waals surface area contributed by atoms with Crippen LogP contribution in [0, 0.1) is 23.2 Å². The minimum atomic E-state index is -0.145. The Morgan fingerprint density at radius 1 is 1.37 bits per heavy atom. The van der Waals surface area contributed by atoms with Crippen LogP contribution in [0.3, 0.4) is 0 Å². The number of fused-ring (bicyclic) bond motifs is 1. The Balaban J connectivity index is 1.78. The SMILES string of the molecule is O=C1CC2CC3CO[C@]4([C@@H]3Br)N3CCC[C@H]1[C@]24CC3. The first kappa shape index (κ1) is 11.7. The van der Waals surface area contributed by atoms with E-state index in [1.807, 2.05) is 0 Å². The second-order valence-electron chi connectivity index (χ2n) is 7.24. The molecule has 3 heterocycles. The summed E-state index contributed by atoms with van der Waals surface area (Å²) in [6, 6.07) is 0. The number of halogens is 1. The van der Waals surface area contributed by atoms with Crippen molar-refractivity contribution >= 4 is 21.7 Å². The predicted molar refractivity (Wildman–Crippen MR) is 74.0 cm³/mol. The summed E-state index contributed by atoms with van der Waals surface area (Å²) in [6.45, 7) is 3.15. The second-order valence-corrected chi connectivity index (χ2v) is 8.23. The molecule has 2 saturated carbocycles. The minimum absolute atomic E-state index is 0.141. The Bertz CT molecular complexity index is 469. The molecule has 104 valence electrons. The molecule has 19 heavy (non-hydrogen) atoms. The number of carbonyl (C=O) groups excluding carboxylic acids is 1. The summed E-state index contributed by atoms with van der Waals surface area (Å²) in [5.74, 6) is 2.03. The van der Waals surface area contributed by atoms with E-state index in [0.29, 0.717) is 22.4 Å². The Morgan fingerprint density at radius 2 is 2.26 bits per heavy atom. The molecule has 3 unspecified atom stereocenters. The van der Waals surface area contributed by atoms with Gasteiger partial charge in [0, 0.05) is 30.8 Å². The third-order valence-corrected chi connectivity index (χ3v) is 8.30. The minimum Gasteiger partial charge on any atom is -0.358 e. The molecule has 5 rings (SSSR count). The van der Waals surface area contributed by atoms with Crippen molar-refractivity contribution in [1.29, 1.82) is 0 Å². The summed E-state index contributed by atoms with van der Waals surface area (Å²) in [7, 11) is 0. The molecule has 5 aliphatic rings. The van der Waals surface area contributed by atoms with Crippen LogP contribution in [-0.2, 0) is 9.53 Å². The number of Topliss-reactive ketones (excluding diaryl/α,β-unsaturated/α-hetero) is 1. The van der Waals surface area contributed by atoms with Gasteiger partial charge in [-0.05, 0) is 37.5 Å². The lowest BCUT2D eigenvalue weighted by atomic mass is 9.57. The second kappa shape index (κ2) is 3.45. The zero-order valence-electron chi connectivity index (χ0n) is 11.1. The summed E-state index contributed by atoms with van der Waals surface area (Å²) >= 11 is 3.99. The van der Waals surface area contributed by atoms with Crippen molar-refractivity contribution in [3.63, 3.8) is 0 Å². The molecule has 7 atom stereocenters. The van der Waals surface area contributed by atoms with Crippen molar-refractivity contribution in [1.82, 2.24) is 4.90 Å². The normalized spacial score (nSPS) is 62.2. The van der Waals surface area contributed by atoms with E-state index in [2.05, 4.69) is 20.8 Å². The summed E-state index contributed by atoms with van der Waals surface area (Å²) in [6.07, 6.45) is 5.48. The van der Waals surface area contributed by atoms with Crippen molar-refractivity contribution in [2.45, 2.75) is 42.7 Å². The highest BCUT2D eigenvalue weighted by Crippen LogP contribution is 2.71. The van der Waals surface area contributed by atoms with Crippen LogP contribution in [0.15, 0.2) is 0 Å². The van der Waals surface area contributed by atoms with Crippen LogP contribution in [0.2, 0.25) is 0 Å². The summed E-state index contributed by atoms with van der Waals surface area (Å²) in [5, 5.41) is 0. The number of hydrogen-bond donors (Lipinski definition) is 0. The van der Waals surface area contributed by atoms with E-state index in [9.17, 15) is 4.79 Å². The number of ketones is 1. The predicted octanol–water partition coefficient (Wildman–Crippen LogP) is 2.19. The first-order valence-electron chi connectivity index (χ1n) is 7.76. The molecule has 2 spiro atoms. The van der Waals surface area contributed by atoms with E-state index in [-0.39, 0.29) is 17.1 Å². The van der Waals surface area contributed by atoms with Gasteiger partial charge in [-0.15, -0.1) is 0 Å². The number of ether oxygens (including phenoxy) is 1. The van der Waals surface area contributed by atoms with E-state index < -0.39 is 0 Å². The maximum Gasteiger partial charge on any atom is 0.141 e. The van der Waals surface area contributed by atoms with Gasteiger partial charge in [-0.25, -0.2) is 0 Å². The average molecular weight is 326 g/mol. The van der Waals surface area contributed by atoms with E-state index >= 15 is 0 Å². The van der Waals surface area contributed by atoms with E-state index in [1.165, 1.54) is 19.3 Å². The van der Waals surface area contributed by atoms with Crippen LogP contribution >= 0.6 is 15.9 Å². The fourth-order valence-electron chi connectivity index (χ4n) is 6.42. The van der Waals surface area contributed by atoms with Gasteiger partial charge in [0.2, 0.25) is 0 Å². The lowest BCUT2D eigenvalue weighted by molar-refractivity contribution is -0.181. The molecule has 3 saturated heterocycles. The third kappa shape index (κ3) is 1.04. The van der Waals surface area contributed by atoms with Crippen molar-refractivity contribution in [3.8, 4) is 0 Å². The van der Waals surface area contributed by atoms with Crippen molar-refractivity contribution < 1.29 is 9.53 Å². The maximum atomic E-state index is 12.6. The van der Waals surface area contributed by atoms with Crippen LogP contribution in [0.4, 0.5) is 0 Å². The Labute approximate surface area is 122 Å². The molecule has 5 fully saturated rings. The van der Waals surface area contributed by atoms with Crippen molar-refractivity contribution in [2.24, 2.45) is 23.2 Å². The smallest absolute Gasteiger partial charge is 0.141 e. The topological polar surface area (TPSA) is 29.5 Å². The quantitative estimate of drug-likeness (QED) is 0.639. The molecule has 0 N–H and O–H groups in total. The van der Waals surface area contributed by atoms with Gasteiger partial charge in [-0.3, -0.25) is 9.69 Å². The monoisotopic (exact) mass is 325 g/mol. The maximum absolute atomic E-state index is 12.6. The highest BCUT2D eigenvalue weighted by molar-refractivity contribution is 9.09. The molecular formula is C15H20BrNO2. The lowest BCUT2D eigenvalue weighted by Crippen LogP contribution is -2.63. The Kier molecular flexibility index (Phi) is 2.12. The Morgan fingerprint density at radius 3 is 3.16 bits per heavy atom. The van der Waals surface area contributed by atoms with Gasteiger partial charge in [0.15, 0.2) is 0 Å². The van der Waals surface area contributed by atoms with Crippen LogP contribution < -0.4 is 0 Å². The summed E-state index contributed by atoms with van der Waals surface area (Å²) in [5.41, 5.74) is -0.00431. The number of carbonyl (C=O) groups is 1. The highest BCUT2D eigenvalue weighted by Gasteiger charge is 2.78. The third-order valence-electron chi connectivity index (χ3n) is 6.93. The molecule has 0 radical (unpaired) electrons. The fraction of sp³-hybridized carbons (Fsp3) is 0.933. The fourth-order valence-corrected chi connectivity index (χ4v) is 7.64. The van der Waals surface area contributed by atoms with Gasteiger partial charge in [-0.1, -0.05) is 15.9 Å². The first-order valence-corrected chi connectivity index (χ1v) is 8.67. The standard InChI is InChI=1S/C15H20BrNO2/c16-13-9-6-10-7-12(18)11-2-1-4-17-5-3-14(10,11)15(13,17)19-8-9/h9-11,13H,1-8H2/t9?,10?,11-,13-,14+,15+/m1/s1. The van der Waals surface area contributed by atoms with Crippen LogP contribution in [0.5, 0.6) is 0 Å². The van der Waals surface area contributed by atoms with Gasteiger partial charge in [0.05, 0.1) is 11.4 Å². The summed E-state index contributed by atoms with van der Waals surface area (Å²) in [4.78, 5) is 15.6. The lowest BCUT2D eigenvalue weighted by Gasteiger charge is -2.53. The molecule has 2 aliphatic carbocycles. The van der Waals surface area contributed by atoms with Crippen LogP contribution in [-0.4, -0.2) is 40.9 Å². The highest BCUT2D eigenvalue weighted by atomic mass is 79.9. The van der Waals surface area contributed by atoms with E-state index in [1.54, 1.807) is 0 Å². The van der Waals surface area contributed by atoms with Crippen LogP contribution in [0.1, 0.15) is 32.1 Å². The molecule has 0 aromatic rings. The van der Waals surface area contributed by atoms with Gasteiger partial charge in [0.25, 0.3) is 0 Å². The molecule has 4 bridgehead atoms. The molecular weight excluding hydrogens is 306 g/mol. The van der Waals surface area contributed by atoms with Gasteiger partial charge in [0.1, 0.15) is 11.5 Å². The number of nitrogens with zero attached hydrogens (tertiary/aromatic N) is 1. The van der Waals surface area contributed by atoms with Gasteiger partial charge < -0.3 is 4.74 Å². The summed E-state index contributed by atoms with van der Waals surface area (Å²) < 4.78 is 6.49. The molecule has 4 heteroatoms. The molecule has 0 aromatic heterocycles. The average Bonchev–Trinajstić information content (AvgIpc) is 2.86. The molecule has 3 aliphatic heterocycles. The molecule has 0 aromatic carbocycles. The van der Waals surface area contributed by atoms with Gasteiger partial charge in [-0.2, -0.15) is 0 Å². The van der Waals surface area contributed by atoms with Crippen LogP contribution in [0.25, 0.3) is 0 Å². The van der Waals surface area contributed by atoms with E-state index in [0.717, 1.165) is 32.5 Å². The number of hydrogen-bond acceptors (Lipinski definition) is 3. The number of rotatable bonds is 0. The van der Waals surface area contributed by atoms with E-state index in [4.69, 9.17) is 4.74 Å².